The van der Waals surface area contributed by atoms with E-state index in [0.29, 0.717) is 0 Å². The van der Waals surface area contributed by atoms with Crippen LogP contribution in [-0.2, 0) is 13.4 Å². The maximum Gasteiger partial charge on any atom is 0.216 e. The maximum atomic E-state index is 9.06. The highest BCUT2D eigenvalue weighted by molar-refractivity contribution is 6.23. The number of furan rings is 1. The molecular formula is C30H30NO+. The Morgan fingerprint density at radius 3 is 2.47 bits per heavy atom. The third-order valence-corrected chi connectivity index (χ3v) is 7.18. The van der Waals surface area contributed by atoms with Gasteiger partial charge in [0, 0.05) is 25.6 Å². The zero-order chi connectivity index (χ0) is 23.4. The number of pyridine rings is 1. The van der Waals surface area contributed by atoms with Crippen molar-refractivity contribution >= 4 is 32.7 Å². The molecule has 0 atom stereocenters. The van der Waals surface area contributed by atoms with Crippen LogP contribution in [0.2, 0.25) is 0 Å². The number of rotatable bonds is 3. The summed E-state index contributed by atoms with van der Waals surface area (Å²) >= 11 is 0. The summed E-state index contributed by atoms with van der Waals surface area (Å²) in [6.45, 7) is 2.16. The second-order valence-corrected chi connectivity index (χ2v) is 9.24. The van der Waals surface area contributed by atoms with Crippen LogP contribution in [0.5, 0.6) is 0 Å². The molecular weight excluding hydrogens is 390 g/mol. The molecule has 32 heavy (non-hydrogen) atoms. The van der Waals surface area contributed by atoms with E-state index >= 15 is 0 Å². The number of hydrogen-bond donors (Lipinski definition) is 0. The largest absolute Gasteiger partial charge is 0.455 e. The lowest BCUT2D eigenvalue weighted by atomic mass is 9.84. The lowest BCUT2D eigenvalue weighted by Gasteiger charge is -2.21. The molecule has 0 aliphatic heterocycles. The Morgan fingerprint density at radius 1 is 0.938 bits per heavy atom. The molecule has 2 aromatic heterocycles. The number of aryl methyl sites for hydroxylation is 2. The average molecular weight is 423 g/mol. The summed E-state index contributed by atoms with van der Waals surface area (Å²) in [5.41, 5.74) is 5.73. The van der Waals surface area contributed by atoms with Gasteiger partial charge in [-0.2, -0.15) is 0 Å². The molecule has 0 amide bonds. The van der Waals surface area contributed by atoms with Crippen LogP contribution in [0.25, 0.3) is 44.0 Å². The SMILES string of the molecule is [2H]C([2H])(c1cc[n+](C)c(-c2c(C)c3ccccc3c3c2oc2ccccc23)c1)C1CCCCC1. The third kappa shape index (κ3) is 3.12. The van der Waals surface area contributed by atoms with Crippen LogP contribution in [0, 0.1) is 12.8 Å². The van der Waals surface area contributed by atoms with Gasteiger partial charge < -0.3 is 4.42 Å². The van der Waals surface area contributed by atoms with Gasteiger partial charge in [-0.05, 0) is 47.2 Å². The van der Waals surface area contributed by atoms with E-state index in [-0.39, 0.29) is 5.92 Å². The summed E-state index contributed by atoms with van der Waals surface area (Å²) < 4.78 is 26.7. The minimum Gasteiger partial charge on any atom is -0.455 e. The Hall–Kier alpha value is -3.13. The normalized spacial score (nSPS) is 16.6. The molecule has 1 aliphatic carbocycles. The maximum absolute atomic E-state index is 9.06. The van der Waals surface area contributed by atoms with Gasteiger partial charge in [-0.3, -0.25) is 0 Å². The number of nitrogens with zero attached hydrogens (tertiary/aromatic N) is 1. The molecule has 0 unspecified atom stereocenters. The van der Waals surface area contributed by atoms with Crippen molar-refractivity contribution in [3.8, 4) is 11.3 Å². The first-order valence-corrected chi connectivity index (χ1v) is 11.8. The van der Waals surface area contributed by atoms with Crippen LogP contribution in [0.3, 0.4) is 0 Å². The molecule has 0 N–H and O–H groups in total. The van der Waals surface area contributed by atoms with Crippen molar-refractivity contribution in [2.24, 2.45) is 13.0 Å². The van der Waals surface area contributed by atoms with Crippen molar-refractivity contribution in [3.05, 3.63) is 78.0 Å². The molecule has 1 fully saturated rings. The monoisotopic (exact) mass is 422 g/mol. The molecule has 2 heteroatoms. The van der Waals surface area contributed by atoms with Crippen molar-refractivity contribution in [1.82, 2.24) is 0 Å². The van der Waals surface area contributed by atoms with E-state index in [9.17, 15) is 0 Å². The van der Waals surface area contributed by atoms with Crippen LogP contribution in [0.4, 0.5) is 0 Å². The minimum atomic E-state index is -1.35. The quantitative estimate of drug-likeness (QED) is 0.273. The zero-order valence-electron chi connectivity index (χ0n) is 20.8. The summed E-state index contributed by atoms with van der Waals surface area (Å²) in [7, 11) is 2.04. The van der Waals surface area contributed by atoms with Gasteiger partial charge in [-0.1, -0.05) is 74.6 Å². The van der Waals surface area contributed by atoms with Crippen LogP contribution in [0.1, 0.15) is 46.0 Å². The van der Waals surface area contributed by atoms with E-state index < -0.39 is 6.37 Å². The Bertz CT molecular complexity index is 1540. The van der Waals surface area contributed by atoms with Crippen LogP contribution >= 0.6 is 0 Å². The Kier molecular flexibility index (Phi) is 4.24. The summed E-state index contributed by atoms with van der Waals surface area (Å²) in [6.07, 6.45) is 6.07. The molecule has 6 rings (SSSR count). The van der Waals surface area contributed by atoms with E-state index in [1.54, 1.807) is 0 Å². The fraction of sp³-hybridized carbons (Fsp3) is 0.300. The highest BCUT2D eigenvalue weighted by atomic mass is 16.3. The Balaban J connectivity index is 1.65. The van der Waals surface area contributed by atoms with Gasteiger partial charge in [0.25, 0.3) is 0 Å². The summed E-state index contributed by atoms with van der Waals surface area (Å²) in [5.74, 6) is 0.0747. The van der Waals surface area contributed by atoms with Gasteiger partial charge in [0.15, 0.2) is 6.20 Å². The molecule has 0 bridgehead atoms. The van der Waals surface area contributed by atoms with Gasteiger partial charge in [0.1, 0.15) is 18.2 Å². The van der Waals surface area contributed by atoms with E-state index in [0.717, 1.165) is 70.0 Å². The fourth-order valence-electron chi connectivity index (χ4n) is 5.52. The molecule has 1 aliphatic rings. The number of hydrogen-bond acceptors (Lipinski definition) is 1. The first-order valence-electron chi connectivity index (χ1n) is 12.8. The van der Waals surface area contributed by atoms with Crippen LogP contribution in [-0.4, -0.2) is 0 Å². The summed E-state index contributed by atoms with van der Waals surface area (Å²) in [5, 5.41) is 4.65. The molecule has 0 radical (unpaired) electrons. The third-order valence-electron chi connectivity index (χ3n) is 7.18. The molecule has 2 nitrogen and oxygen atoms in total. The topological polar surface area (TPSA) is 17.0 Å². The van der Waals surface area contributed by atoms with E-state index in [4.69, 9.17) is 7.16 Å². The van der Waals surface area contributed by atoms with E-state index in [2.05, 4.69) is 54.0 Å². The van der Waals surface area contributed by atoms with Gasteiger partial charge in [-0.25, -0.2) is 4.57 Å². The number of aromatic nitrogens is 1. The van der Waals surface area contributed by atoms with Gasteiger partial charge >= 0.3 is 0 Å². The van der Waals surface area contributed by atoms with Crippen LogP contribution < -0.4 is 4.57 Å². The Labute approximate surface area is 192 Å². The molecule has 1 saturated carbocycles. The number of fused-ring (bicyclic) bond motifs is 5. The smallest absolute Gasteiger partial charge is 0.216 e. The second kappa shape index (κ2) is 7.78. The summed E-state index contributed by atoms with van der Waals surface area (Å²) in [4.78, 5) is 0. The predicted octanol–water partition coefficient (Wildman–Crippen LogP) is 7.66. The number of para-hydroxylation sites is 1. The van der Waals surface area contributed by atoms with Crippen molar-refractivity contribution in [1.29, 1.82) is 0 Å². The lowest BCUT2D eigenvalue weighted by molar-refractivity contribution is -0.660. The highest BCUT2D eigenvalue weighted by Gasteiger charge is 2.24. The number of benzene rings is 3. The molecule has 5 aromatic rings. The van der Waals surface area contributed by atoms with Gasteiger partial charge in [0.2, 0.25) is 5.69 Å². The molecule has 2 heterocycles. The van der Waals surface area contributed by atoms with E-state index in [1.807, 2.05) is 31.4 Å². The van der Waals surface area contributed by atoms with Crippen molar-refractivity contribution in [2.75, 3.05) is 0 Å². The molecule has 0 spiro atoms. The highest BCUT2D eigenvalue weighted by Crippen LogP contribution is 2.42. The molecule has 3 aromatic carbocycles. The van der Waals surface area contributed by atoms with Crippen molar-refractivity contribution in [2.45, 2.75) is 45.4 Å². The van der Waals surface area contributed by atoms with Crippen molar-refractivity contribution in [3.63, 3.8) is 0 Å². The molecule has 160 valence electrons. The van der Waals surface area contributed by atoms with E-state index in [1.165, 1.54) is 17.2 Å². The lowest BCUT2D eigenvalue weighted by Crippen LogP contribution is -2.31. The second-order valence-electron chi connectivity index (χ2n) is 9.24. The van der Waals surface area contributed by atoms with Crippen LogP contribution in [0.15, 0.2) is 71.3 Å². The standard InChI is InChI=1S/C30H30NO/c1-20-23-12-6-7-13-24(23)29-25-14-8-9-15-27(25)32-30(29)28(20)26-19-22(16-17-31(26)2)18-21-10-4-3-5-11-21/h6-9,12-17,19,21H,3-5,10-11,18H2,1-2H3/q+1/i18D2. The molecule has 0 saturated heterocycles. The van der Waals surface area contributed by atoms with Gasteiger partial charge in [-0.15, -0.1) is 0 Å². The first kappa shape index (κ1) is 17.4. The average Bonchev–Trinajstić information content (AvgIpc) is 3.25. The minimum absolute atomic E-state index is 0.0747. The fourth-order valence-corrected chi connectivity index (χ4v) is 5.52. The summed E-state index contributed by atoms with van der Waals surface area (Å²) in [6, 6.07) is 20.8. The Morgan fingerprint density at radius 2 is 1.66 bits per heavy atom. The van der Waals surface area contributed by atoms with Crippen molar-refractivity contribution < 1.29 is 11.7 Å². The predicted molar refractivity (Wildman–Crippen MR) is 133 cm³/mol. The van der Waals surface area contributed by atoms with Gasteiger partial charge in [0.05, 0.1) is 5.56 Å². The first-order chi connectivity index (χ1) is 16.5. The zero-order valence-corrected chi connectivity index (χ0v) is 18.8.